The Morgan fingerprint density at radius 1 is 1.11 bits per heavy atom. The molecule has 2 aromatic heterocycles. The van der Waals surface area contributed by atoms with Crippen LogP contribution in [0.3, 0.4) is 0 Å². The van der Waals surface area contributed by atoms with E-state index in [1.807, 2.05) is 24.3 Å². The number of nitrogens with zero attached hydrogens (tertiary/aromatic N) is 1. The van der Waals surface area contributed by atoms with Crippen LogP contribution in [-0.4, -0.2) is 24.0 Å². The van der Waals surface area contributed by atoms with Crippen LogP contribution in [0.2, 0.25) is 0 Å². The van der Waals surface area contributed by atoms with Gasteiger partial charge in [0.2, 0.25) is 0 Å². The second-order valence-corrected chi connectivity index (χ2v) is 9.27. The molecule has 5 nitrogen and oxygen atoms in total. The van der Waals surface area contributed by atoms with Crippen LogP contribution in [0.1, 0.15) is 48.2 Å². The zero-order valence-electron chi connectivity index (χ0n) is 15.3. The number of carbonyl (C=O) groups is 2. The summed E-state index contributed by atoms with van der Waals surface area (Å²) in [6, 6.07) is 12.2. The van der Waals surface area contributed by atoms with Crippen LogP contribution in [-0.2, 0) is 9.53 Å². The number of nitrogens with one attached hydrogen (secondary N) is 1. The fourth-order valence-electron chi connectivity index (χ4n) is 3.70. The van der Waals surface area contributed by atoms with E-state index in [2.05, 4.69) is 17.5 Å². The smallest absolute Gasteiger partial charge is 0.348 e. The third-order valence-electron chi connectivity index (χ3n) is 5.13. The Hall–Kier alpha value is -2.43. The van der Waals surface area contributed by atoms with Gasteiger partial charge >= 0.3 is 5.97 Å². The standard InChI is InChI=1S/C21H20N2O3S2/c22-13-21(9-5-1-2-6-10-21)23-18(24)12-26-20(25)17-11-16-19(28-17)14-7-3-4-8-15(14)27-16/h3-4,7-8,11H,1-2,5-6,9-10,12H2,(H,23,24). The van der Waals surface area contributed by atoms with Gasteiger partial charge in [-0.05, 0) is 25.0 Å². The van der Waals surface area contributed by atoms with Crippen LogP contribution < -0.4 is 5.32 Å². The third-order valence-corrected chi connectivity index (χ3v) is 7.53. The largest absolute Gasteiger partial charge is 0.451 e. The summed E-state index contributed by atoms with van der Waals surface area (Å²) in [5.41, 5.74) is -0.829. The number of benzene rings is 1. The van der Waals surface area contributed by atoms with Crippen LogP contribution in [0.25, 0.3) is 19.5 Å². The van der Waals surface area contributed by atoms with E-state index in [-0.39, 0.29) is 6.61 Å². The first kappa shape index (κ1) is 18.9. The number of carbonyl (C=O) groups excluding carboxylic acids is 2. The van der Waals surface area contributed by atoms with Crippen molar-refractivity contribution in [3.8, 4) is 6.07 Å². The van der Waals surface area contributed by atoms with Gasteiger partial charge in [0.15, 0.2) is 6.61 Å². The number of amides is 1. The lowest BCUT2D eigenvalue weighted by atomic mass is 9.92. The Morgan fingerprint density at radius 3 is 2.61 bits per heavy atom. The molecule has 0 spiro atoms. The first-order chi connectivity index (χ1) is 13.6. The molecule has 0 saturated heterocycles. The number of ether oxygens (including phenoxy) is 1. The minimum atomic E-state index is -0.829. The first-order valence-electron chi connectivity index (χ1n) is 9.41. The van der Waals surface area contributed by atoms with Crippen molar-refractivity contribution in [1.29, 1.82) is 5.26 Å². The summed E-state index contributed by atoms with van der Waals surface area (Å²) in [5.74, 6) is -0.917. The number of hydrogen-bond acceptors (Lipinski definition) is 6. The lowest BCUT2D eigenvalue weighted by molar-refractivity contribution is -0.125. The van der Waals surface area contributed by atoms with Gasteiger partial charge in [-0.15, -0.1) is 22.7 Å². The maximum absolute atomic E-state index is 12.4. The number of thiophene rings is 2. The molecule has 0 atom stereocenters. The molecule has 0 aliphatic heterocycles. The van der Waals surface area contributed by atoms with Crippen LogP contribution in [0.5, 0.6) is 0 Å². The van der Waals surface area contributed by atoms with Gasteiger partial charge in [0, 0.05) is 14.8 Å². The minimum Gasteiger partial charge on any atom is -0.451 e. The van der Waals surface area contributed by atoms with E-state index < -0.39 is 17.4 Å². The number of hydrogen-bond donors (Lipinski definition) is 1. The maximum Gasteiger partial charge on any atom is 0.348 e. The second-order valence-electron chi connectivity index (χ2n) is 7.13. The van der Waals surface area contributed by atoms with Gasteiger partial charge in [-0.2, -0.15) is 5.26 Å². The fraction of sp³-hybridized carbons (Fsp3) is 0.381. The summed E-state index contributed by atoms with van der Waals surface area (Å²) in [5, 5.41) is 13.5. The molecule has 1 N–H and O–H groups in total. The van der Waals surface area contributed by atoms with Gasteiger partial charge in [0.1, 0.15) is 10.4 Å². The van der Waals surface area contributed by atoms with Crippen LogP contribution >= 0.6 is 22.7 Å². The van der Waals surface area contributed by atoms with E-state index in [9.17, 15) is 14.9 Å². The molecule has 3 aromatic rings. The SMILES string of the molecule is N#CC1(NC(=O)COC(=O)c2cc3sc4ccccc4c3s2)CCCCCC1. The Kier molecular flexibility index (Phi) is 5.33. The monoisotopic (exact) mass is 412 g/mol. The zero-order valence-corrected chi connectivity index (χ0v) is 17.0. The van der Waals surface area contributed by atoms with Crippen LogP contribution in [0.4, 0.5) is 0 Å². The highest BCUT2D eigenvalue weighted by Crippen LogP contribution is 2.39. The molecular formula is C21H20N2O3S2. The second kappa shape index (κ2) is 7.90. The molecule has 1 fully saturated rings. The van der Waals surface area contributed by atoms with Gasteiger partial charge < -0.3 is 10.1 Å². The van der Waals surface area contributed by atoms with Crippen molar-refractivity contribution in [1.82, 2.24) is 5.32 Å². The van der Waals surface area contributed by atoms with Crippen molar-refractivity contribution < 1.29 is 14.3 Å². The average molecular weight is 413 g/mol. The summed E-state index contributed by atoms with van der Waals surface area (Å²) in [7, 11) is 0. The van der Waals surface area contributed by atoms with E-state index in [0.717, 1.165) is 40.5 Å². The van der Waals surface area contributed by atoms with Crippen molar-refractivity contribution in [3.05, 3.63) is 35.2 Å². The summed E-state index contributed by atoms with van der Waals surface area (Å²) >= 11 is 3.03. The molecule has 28 heavy (non-hydrogen) atoms. The molecule has 2 heterocycles. The Bertz CT molecular complexity index is 1070. The van der Waals surface area contributed by atoms with Crippen molar-refractivity contribution in [2.45, 2.75) is 44.1 Å². The van der Waals surface area contributed by atoms with E-state index in [0.29, 0.717) is 17.7 Å². The zero-order chi connectivity index (χ0) is 19.6. The van der Waals surface area contributed by atoms with E-state index in [1.165, 1.54) is 16.0 Å². The van der Waals surface area contributed by atoms with Crippen molar-refractivity contribution >= 4 is 54.0 Å². The molecule has 7 heteroatoms. The summed E-state index contributed by atoms with van der Waals surface area (Å²) in [4.78, 5) is 25.2. The van der Waals surface area contributed by atoms with Gasteiger partial charge in [-0.3, -0.25) is 4.79 Å². The molecule has 0 radical (unpaired) electrons. The number of rotatable bonds is 4. The molecule has 0 bridgehead atoms. The van der Waals surface area contributed by atoms with Gasteiger partial charge in [-0.25, -0.2) is 4.79 Å². The molecule has 144 valence electrons. The highest BCUT2D eigenvalue weighted by molar-refractivity contribution is 7.33. The van der Waals surface area contributed by atoms with Crippen LogP contribution in [0.15, 0.2) is 30.3 Å². The quantitative estimate of drug-likeness (QED) is 0.483. The molecule has 1 saturated carbocycles. The Morgan fingerprint density at radius 2 is 1.86 bits per heavy atom. The predicted molar refractivity (Wildman–Crippen MR) is 112 cm³/mol. The van der Waals surface area contributed by atoms with Crippen molar-refractivity contribution in [3.63, 3.8) is 0 Å². The Labute approximate surface area is 170 Å². The molecule has 4 rings (SSSR count). The van der Waals surface area contributed by atoms with Gasteiger partial charge in [-0.1, -0.05) is 43.9 Å². The lowest BCUT2D eigenvalue weighted by Crippen LogP contribution is -2.48. The molecule has 0 unspecified atom stereocenters. The van der Waals surface area contributed by atoms with Gasteiger partial charge in [0.05, 0.1) is 10.8 Å². The molecular weight excluding hydrogens is 392 g/mol. The maximum atomic E-state index is 12.4. The van der Waals surface area contributed by atoms with Crippen LogP contribution in [0, 0.1) is 11.3 Å². The highest BCUT2D eigenvalue weighted by Gasteiger charge is 2.32. The normalized spacial score (nSPS) is 16.4. The summed E-state index contributed by atoms with van der Waals surface area (Å²) in [6.07, 6.45) is 5.31. The van der Waals surface area contributed by atoms with E-state index in [4.69, 9.17) is 4.74 Å². The topological polar surface area (TPSA) is 79.2 Å². The minimum absolute atomic E-state index is 0.367. The van der Waals surface area contributed by atoms with Crippen molar-refractivity contribution in [2.75, 3.05) is 6.61 Å². The average Bonchev–Trinajstić information content (AvgIpc) is 3.17. The number of nitriles is 1. The molecule has 1 aliphatic carbocycles. The summed E-state index contributed by atoms with van der Waals surface area (Å²) < 4.78 is 8.52. The number of esters is 1. The first-order valence-corrected chi connectivity index (χ1v) is 11.0. The van der Waals surface area contributed by atoms with Gasteiger partial charge in [0.25, 0.3) is 5.91 Å². The third kappa shape index (κ3) is 3.75. The Balaban J connectivity index is 1.40. The lowest BCUT2D eigenvalue weighted by Gasteiger charge is -2.26. The predicted octanol–water partition coefficient (Wildman–Crippen LogP) is 5.01. The van der Waals surface area contributed by atoms with E-state index in [1.54, 1.807) is 11.3 Å². The molecule has 1 aromatic carbocycles. The highest BCUT2D eigenvalue weighted by atomic mass is 32.1. The summed E-state index contributed by atoms with van der Waals surface area (Å²) in [6.45, 7) is -0.367. The number of fused-ring (bicyclic) bond motifs is 3. The fourth-order valence-corrected chi connectivity index (χ4v) is 6.12. The molecule has 1 aliphatic rings. The van der Waals surface area contributed by atoms with E-state index >= 15 is 0 Å². The molecule has 1 amide bonds. The van der Waals surface area contributed by atoms with Crippen molar-refractivity contribution in [2.24, 2.45) is 0 Å².